The molecular formula is C12H12F5NO2. The predicted octanol–water partition coefficient (Wildman–Crippen LogP) is 3.26. The average Bonchev–Trinajstić information content (AvgIpc) is 2.32. The number of rotatable bonds is 5. The third-order valence-corrected chi connectivity index (χ3v) is 2.33. The number of anilines is 1. The fourth-order valence-corrected chi connectivity index (χ4v) is 1.42. The van der Waals surface area contributed by atoms with Gasteiger partial charge in [-0.3, -0.25) is 4.79 Å². The Balaban J connectivity index is 2.84. The van der Waals surface area contributed by atoms with E-state index < -0.39 is 36.2 Å². The minimum absolute atomic E-state index is 0.0470. The van der Waals surface area contributed by atoms with E-state index in [2.05, 4.69) is 4.74 Å². The molecule has 20 heavy (non-hydrogen) atoms. The number of nitrogens with one attached hydrogen (secondary N) is 1. The molecule has 0 spiro atoms. The van der Waals surface area contributed by atoms with Gasteiger partial charge in [-0.15, -0.1) is 0 Å². The Kier molecular flexibility index (Phi) is 5.29. The lowest BCUT2D eigenvalue weighted by Gasteiger charge is -2.22. The zero-order chi connectivity index (χ0) is 15.3. The summed E-state index contributed by atoms with van der Waals surface area (Å²) in [5.41, 5.74) is -0.282. The summed E-state index contributed by atoms with van der Waals surface area (Å²) < 4.78 is 68.3. The van der Waals surface area contributed by atoms with E-state index >= 15 is 0 Å². The van der Waals surface area contributed by atoms with Crippen molar-refractivity contribution in [1.29, 1.82) is 0 Å². The van der Waals surface area contributed by atoms with Gasteiger partial charge in [-0.05, 0) is 19.1 Å². The van der Waals surface area contributed by atoms with Crippen LogP contribution in [-0.2, 0) is 9.53 Å². The van der Waals surface area contributed by atoms with Crippen molar-refractivity contribution in [2.75, 3.05) is 11.9 Å². The Hall–Kier alpha value is -1.86. The summed E-state index contributed by atoms with van der Waals surface area (Å²) in [4.78, 5) is 11.1. The van der Waals surface area contributed by atoms with Gasteiger partial charge in [0, 0.05) is 11.8 Å². The second-order valence-corrected chi connectivity index (χ2v) is 3.88. The smallest absolute Gasteiger partial charge is 0.409 e. The fourth-order valence-electron chi connectivity index (χ4n) is 1.42. The van der Waals surface area contributed by atoms with E-state index in [0.29, 0.717) is 12.1 Å². The first-order valence-electron chi connectivity index (χ1n) is 5.68. The van der Waals surface area contributed by atoms with Crippen molar-refractivity contribution in [3.63, 3.8) is 0 Å². The number of hydrogen-bond donors (Lipinski definition) is 1. The SMILES string of the molecule is CCOC(=O)CC(Nc1ccc(F)c(F)c1)C(F)(F)F. The van der Waals surface area contributed by atoms with Gasteiger partial charge in [0.05, 0.1) is 13.0 Å². The molecule has 0 saturated carbocycles. The van der Waals surface area contributed by atoms with Crippen molar-refractivity contribution in [3.05, 3.63) is 29.8 Å². The van der Waals surface area contributed by atoms with Crippen LogP contribution in [0, 0.1) is 11.6 Å². The van der Waals surface area contributed by atoms with E-state index in [4.69, 9.17) is 0 Å². The predicted molar refractivity (Wildman–Crippen MR) is 61.1 cm³/mol. The second-order valence-electron chi connectivity index (χ2n) is 3.88. The molecule has 0 aliphatic heterocycles. The molecule has 3 nitrogen and oxygen atoms in total. The first kappa shape index (κ1) is 16.2. The van der Waals surface area contributed by atoms with Crippen molar-refractivity contribution >= 4 is 11.7 Å². The van der Waals surface area contributed by atoms with Crippen molar-refractivity contribution < 1.29 is 31.5 Å². The molecule has 1 aromatic rings. The normalized spacial score (nSPS) is 12.9. The van der Waals surface area contributed by atoms with Gasteiger partial charge in [0.25, 0.3) is 0 Å². The van der Waals surface area contributed by atoms with Crippen LogP contribution in [0.25, 0.3) is 0 Å². The Morgan fingerprint density at radius 1 is 1.30 bits per heavy atom. The van der Waals surface area contributed by atoms with Crippen molar-refractivity contribution in [2.45, 2.75) is 25.6 Å². The van der Waals surface area contributed by atoms with Gasteiger partial charge in [-0.25, -0.2) is 8.78 Å². The topological polar surface area (TPSA) is 38.3 Å². The van der Waals surface area contributed by atoms with Crippen LogP contribution in [0.15, 0.2) is 18.2 Å². The van der Waals surface area contributed by atoms with E-state index in [0.717, 1.165) is 6.07 Å². The molecule has 0 aliphatic rings. The summed E-state index contributed by atoms with van der Waals surface area (Å²) in [5.74, 6) is -3.50. The Labute approximate surface area is 111 Å². The molecule has 1 rings (SSSR count). The lowest BCUT2D eigenvalue weighted by molar-refractivity contribution is -0.161. The highest BCUT2D eigenvalue weighted by Crippen LogP contribution is 2.27. The summed E-state index contributed by atoms with van der Waals surface area (Å²) in [6, 6.07) is -0.0248. The summed E-state index contributed by atoms with van der Waals surface area (Å²) in [6.45, 7) is 1.41. The maximum Gasteiger partial charge on any atom is 0.409 e. The molecule has 0 heterocycles. The standard InChI is InChI=1S/C12H12F5NO2/c1-2-20-11(19)6-10(12(15,16)17)18-7-3-4-8(13)9(14)5-7/h3-5,10,18H,2,6H2,1H3. The molecule has 0 amide bonds. The number of esters is 1. The first-order chi connectivity index (χ1) is 9.24. The number of carbonyl (C=O) groups excluding carboxylic acids is 1. The molecule has 1 atom stereocenters. The first-order valence-corrected chi connectivity index (χ1v) is 5.68. The van der Waals surface area contributed by atoms with Crippen molar-refractivity contribution in [1.82, 2.24) is 0 Å². The van der Waals surface area contributed by atoms with E-state index in [1.54, 1.807) is 0 Å². The van der Waals surface area contributed by atoms with Crippen LogP contribution in [-0.4, -0.2) is 24.8 Å². The van der Waals surface area contributed by atoms with Gasteiger partial charge in [-0.1, -0.05) is 0 Å². The maximum absolute atomic E-state index is 12.9. The number of halogens is 5. The maximum atomic E-state index is 12.9. The second kappa shape index (κ2) is 6.53. The highest BCUT2D eigenvalue weighted by molar-refractivity contribution is 5.71. The van der Waals surface area contributed by atoms with E-state index in [9.17, 15) is 26.7 Å². The van der Waals surface area contributed by atoms with Gasteiger partial charge >= 0.3 is 12.1 Å². The highest BCUT2D eigenvalue weighted by Gasteiger charge is 2.41. The molecule has 0 aromatic heterocycles. The number of benzene rings is 1. The number of ether oxygens (including phenoxy) is 1. The van der Waals surface area contributed by atoms with Crippen molar-refractivity contribution in [2.24, 2.45) is 0 Å². The largest absolute Gasteiger partial charge is 0.466 e. The molecular weight excluding hydrogens is 285 g/mol. The van der Waals surface area contributed by atoms with Gasteiger partial charge in [-0.2, -0.15) is 13.2 Å². The third-order valence-electron chi connectivity index (χ3n) is 2.33. The van der Waals surface area contributed by atoms with Gasteiger partial charge < -0.3 is 10.1 Å². The molecule has 0 bridgehead atoms. The van der Waals surface area contributed by atoms with Crippen LogP contribution in [0.1, 0.15) is 13.3 Å². The zero-order valence-electron chi connectivity index (χ0n) is 10.4. The summed E-state index contributed by atoms with van der Waals surface area (Å²) in [5, 5.41) is 1.94. The average molecular weight is 297 g/mol. The molecule has 0 aliphatic carbocycles. The quantitative estimate of drug-likeness (QED) is 0.669. The van der Waals surface area contributed by atoms with Gasteiger partial charge in [0.1, 0.15) is 6.04 Å². The number of carbonyl (C=O) groups is 1. The summed E-state index contributed by atoms with van der Waals surface area (Å²) in [7, 11) is 0. The minimum atomic E-state index is -4.74. The van der Waals surface area contributed by atoms with Crippen LogP contribution >= 0.6 is 0 Å². The van der Waals surface area contributed by atoms with Crippen LogP contribution in [0.2, 0.25) is 0 Å². The zero-order valence-corrected chi connectivity index (χ0v) is 10.4. The van der Waals surface area contributed by atoms with E-state index in [1.807, 2.05) is 5.32 Å². The minimum Gasteiger partial charge on any atom is -0.466 e. The van der Waals surface area contributed by atoms with Crippen LogP contribution in [0.3, 0.4) is 0 Å². The monoisotopic (exact) mass is 297 g/mol. The molecule has 1 aromatic carbocycles. The fraction of sp³-hybridized carbons (Fsp3) is 0.417. The Morgan fingerprint density at radius 2 is 1.95 bits per heavy atom. The van der Waals surface area contributed by atoms with Crippen LogP contribution in [0.4, 0.5) is 27.6 Å². The molecule has 0 fully saturated rings. The van der Waals surface area contributed by atoms with E-state index in [-0.39, 0.29) is 12.3 Å². The number of hydrogen-bond acceptors (Lipinski definition) is 3. The highest BCUT2D eigenvalue weighted by atomic mass is 19.4. The van der Waals surface area contributed by atoms with Crippen LogP contribution < -0.4 is 5.32 Å². The van der Waals surface area contributed by atoms with Gasteiger partial charge in [0.15, 0.2) is 11.6 Å². The molecule has 112 valence electrons. The van der Waals surface area contributed by atoms with Crippen molar-refractivity contribution in [3.8, 4) is 0 Å². The van der Waals surface area contributed by atoms with Gasteiger partial charge in [0.2, 0.25) is 0 Å². The molecule has 8 heteroatoms. The van der Waals surface area contributed by atoms with E-state index in [1.165, 1.54) is 6.92 Å². The van der Waals surface area contributed by atoms with Crippen LogP contribution in [0.5, 0.6) is 0 Å². The molecule has 1 unspecified atom stereocenters. The summed E-state index contributed by atoms with van der Waals surface area (Å²) in [6.07, 6.45) is -5.70. The molecule has 0 saturated heterocycles. The Bertz CT molecular complexity index is 475. The Morgan fingerprint density at radius 3 is 2.45 bits per heavy atom. The molecule has 0 radical (unpaired) electrons. The summed E-state index contributed by atoms with van der Waals surface area (Å²) >= 11 is 0. The third kappa shape index (κ3) is 4.67. The lowest BCUT2D eigenvalue weighted by atomic mass is 10.2. The number of alkyl halides is 3. The molecule has 1 N–H and O–H groups in total. The lowest BCUT2D eigenvalue weighted by Crippen LogP contribution is -2.38.